The standard InChI is InChI=1S/C9H15NO2.C8H13NO2.C7H11NO2/c11-8(12)9-5-1-3-7(10-9)4-2-6-9;10-7(11)8-3-1-6(2-4-8)5-9-8;9-6(10)7-3-5(4-7)1-2-8-7/h7,10H,1-6H2,(H,11,12);6,9H,1-5H2,(H,10,11);5,8H,1-4H2,(H,9,10). The predicted octanol–water partition coefficient (Wildman–Crippen LogP) is 1.95. The van der Waals surface area contributed by atoms with E-state index in [1.807, 2.05) is 0 Å². The van der Waals surface area contributed by atoms with Gasteiger partial charge in [0.2, 0.25) is 0 Å². The van der Waals surface area contributed by atoms with E-state index in [1.165, 1.54) is 0 Å². The van der Waals surface area contributed by atoms with Crippen molar-refractivity contribution in [2.45, 2.75) is 106 Å². The summed E-state index contributed by atoms with van der Waals surface area (Å²) in [6.07, 6.45) is 12.8. The summed E-state index contributed by atoms with van der Waals surface area (Å²) in [4.78, 5) is 32.5. The molecule has 0 aromatic carbocycles. The Morgan fingerprint density at radius 2 is 1.21 bits per heavy atom. The molecule has 6 N–H and O–H groups in total. The quantitative estimate of drug-likeness (QED) is 0.368. The zero-order chi connectivity index (χ0) is 23.7. The van der Waals surface area contributed by atoms with E-state index in [4.69, 9.17) is 15.3 Å². The summed E-state index contributed by atoms with van der Waals surface area (Å²) in [6, 6.07) is 0.476. The molecule has 2 aliphatic carbocycles. The summed E-state index contributed by atoms with van der Waals surface area (Å²) >= 11 is 0. The Morgan fingerprint density at radius 1 is 0.636 bits per heavy atom. The summed E-state index contributed by atoms with van der Waals surface area (Å²) < 4.78 is 0. The van der Waals surface area contributed by atoms with E-state index in [9.17, 15) is 14.4 Å². The number of aliphatic carboxylic acids is 3. The SMILES string of the molecule is O=C(O)C12CC(CCN1)C2.O=C(O)C12CCC(CC1)CN2.O=C(O)C12CCCC(CCC1)N2. The van der Waals surface area contributed by atoms with Crippen LogP contribution in [0.3, 0.4) is 0 Å². The number of rotatable bonds is 3. The third-order valence-electron chi connectivity index (χ3n) is 9.00. The second-order valence-corrected chi connectivity index (χ2v) is 11.1. The van der Waals surface area contributed by atoms with Gasteiger partial charge in [-0.25, -0.2) is 0 Å². The van der Waals surface area contributed by atoms with Gasteiger partial charge in [-0.3, -0.25) is 19.7 Å². The van der Waals surface area contributed by atoms with Crippen molar-refractivity contribution in [3.8, 4) is 0 Å². The van der Waals surface area contributed by atoms with Crippen molar-refractivity contribution in [3.63, 3.8) is 0 Å². The normalized spacial score (nSPS) is 42.4. The van der Waals surface area contributed by atoms with Crippen LogP contribution in [0.25, 0.3) is 0 Å². The van der Waals surface area contributed by atoms with E-state index in [1.54, 1.807) is 0 Å². The van der Waals surface area contributed by atoms with E-state index in [2.05, 4.69) is 16.0 Å². The van der Waals surface area contributed by atoms with Crippen LogP contribution in [-0.4, -0.2) is 69.0 Å². The van der Waals surface area contributed by atoms with Crippen LogP contribution in [0.4, 0.5) is 0 Å². The fourth-order valence-corrected chi connectivity index (χ4v) is 6.75. The van der Waals surface area contributed by atoms with Gasteiger partial charge in [-0.15, -0.1) is 0 Å². The number of carbonyl (C=O) groups is 3. The third-order valence-corrected chi connectivity index (χ3v) is 9.00. The monoisotopic (exact) mass is 465 g/mol. The van der Waals surface area contributed by atoms with Gasteiger partial charge < -0.3 is 26.0 Å². The highest BCUT2D eigenvalue weighted by atomic mass is 16.4. The molecule has 0 aromatic rings. The van der Waals surface area contributed by atoms with Gasteiger partial charge in [0.25, 0.3) is 0 Å². The van der Waals surface area contributed by atoms with Gasteiger partial charge >= 0.3 is 17.9 Å². The molecule has 9 nitrogen and oxygen atoms in total. The summed E-state index contributed by atoms with van der Waals surface area (Å²) in [5.41, 5.74) is -1.61. The van der Waals surface area contributed by atoms with E-state index < -0.39 is 34.5 Å². The zero-order valence-corrected chi connectivity index (χ0v) is 19.4. The molecular weight excluding hydrogens is 426 g/mol. The Hall–Kier alpha value is -1.71. The van der Waals surface area contributed by atoms with E-state index in [-0.39, 0.29) is 0 Å². The number of carboxylic acid groups (broad SMARTS) is 3. The van der Waals surface area contributed by atoms with Crippen LogP contribution in [0.2, 0.25) is 0 Å². The predicted molar refractivity (Wildman–Crippen MR) is 121 cm³/mol. The molecule has 8 rings (SSSR count). The molecule has 8 aliphatic rings. The summed E-state index contributed by atoms with van der Waals surface area (Å²) in [7, 11) is 0. The number of hydrogen-bond acceptors (Lipinski definition) is 6. The van der Waals surface area contributed by atoms with E-state index in [0.29, 0.717) is 12.0 Å². The largest absolute Gasteiger partial charge is 0.480 e. The fraction of sp³-hybridized carbons (Fsp3) is 0.875. The van der Waals surface area contributed by atoms with Crippen LogP contribution in [0.1, 0.15) is 83.5 Å². The Morgan fingerprint density at radius 3 is 1.55 bits per heavy atom. The summed E-state index contributed by atoms with van der Waals surface area (Å²) in [5, 5.41) is 36.3. The number of fused-ring (bicyclic) bond motifs is 7. The van der Waals surface area contributed by atoms with Gasteiger partial charge in [0.05, 0.1) is 0 Å². The molecule has 0 amide bonds. The molecule has 0 atom stereocenters. The van der Waals surface area contributed by atoms with Gasteiger partial charge in [-0.05, 0) is 108 Å². The van der Waals surface area contributed by atoms with Crippen LogP contribution in [0.5, 0.6) is 0 Å². The van der Waals surface area contributed by atoms with Gasteiger partial charge in [0, 0.05) is 6.04 Å². The molecule has 8 fully saturated rings. The average molecular weight is 466 g/mol. The van der Waals surface area contributed by atoms with Crippen LogP contribution < -0.4 is 16.0 Å². The lowest BCUT2D eigenvalue weighted by molar-refractivity contribution is -0.154. The molecule has 6 bridgehead atoms. The van der Waals surface area contributed by atoms with Gasteiger partial charge in [-0.2, -0.15) is 0 Å². The first-order chi connectivity index (χ1) is 15.7. The lowest BCUT2D eigenvalue weighted by Gasteiger charge is -2.49. The minimum Gasteiger partial charge on any atom is -0.480 e. The van der Waals surface area contributed by atoms with Crippen molar-refractivity contribution >= 4 is 17.9 Å². The van der Waals surface area contributed by atoms with Crippen molar-refractivity contribution in [1.29, 1.82) is 0 Å². The summed E-state index contributed by atoms with van der Waals surface area (Å²) in [5.74, 6) is -0.528. The summed E-state index contributed by atoms with van der Waals surface area (Å²) in [6.45, 7) is 1.79. The molecule has 0 spiro atoms. The van der Waals surface area contributed by atoms with Gasteiger partial charge in [0.1, 0.15) is 16.6 Å². The highest BCUT2D eigenvalue weighted by molar-refractivity contribution is 5.80. The molecule has 186 valence electrons. The Labute approximate surface area is 195 Å². The first-order valence-corrected chi connectivity index (χ1v) is 12.7. The maximum Gasteiger partial charge on any atom is 0.323 e. The molecule has 6 aliphatic heterocycles. The molecule has 2 saturated carbocycles. The molecule has 0 aromatic heterocycles. The Kier molecular flexibility index (Phi) is 7.03. The van der Waals surface area contributed by atoms with Crippen LogP contribution in [-0.2, 0) is 14.4 Å². The lowest BCUT2D eigenvalue weighted by atomic mass is 9.64. The lowest BCUT2D eigenvalue weighted by Crippen LogP contribution is -2.65. The van der Waals surface area contributed by atoms with E-state index >= 15 is 0 Å². The van der Waals surface area contributed by atoms with Crippen molar-refractivity contribution in [3.05, 3.63) is 0 Å². The molecule has 6 saturated heterocycles. The Bertz CT molecular complexity index is 728. The third kappa shape index (κ3) is 4.91. The first-order valence-electron chi connectivity index (χ1n) is 12.7. The maximum atomic E-state index is 11.0. The molecule has 6 heterocycles. The van der Waals surface area contributed by atoms with Crippen molar-refractivity contribution in [2.24, 2.45) is 11.8 Å². The van der Waals surface area contributed by atoms with Crippen molar-refractivity contribution < 1.29 is 29.7 Å². The molecule has 9 heteroatoms. The fourth-order valence-electron chi connectivity index (χ4n) is 6.75. The Balaban J connectivity index is 0.000000118. The first kappa shape index (κ1) is 24.4. The zero-order valence-electron chi connectivity index (χ0n) is 19.4. The molecule has 0 radical (unpaired) electrons. The minimum atomic E-state index is -0.663. The maximum absolute atomic E-state index is 11.0. The smallest absolute Gasteiger partial charge is 0.323 e. The molecular formula is C24H39N3O6. The van der Waals surface area contributed by atoms with Crippen LogP contribution in [0.15, 0.2) is 0 Å². The van der Waals surface area contributed by atoms with Gasteiger partial charge in [0.15, 0.2) is 0 Å². The number of hydrogen-bond donors (Lipinski definition) is 6. The van der Waals surface area contributed by atoms with Crippen LogP contribution >= 0.6 is 0 Å². The van der Waals surface area contributed by atoms with E-state index in [0.717, 1.165) is 102 Å². The number of piperidine rings is 6. The van der Waals surface area contributed by atoms with Crippen molar-refractivity contribution in [1.82, 2.24) is 16.0 Å². The number of nitrogens with one attached hydrogen (secondary N) is 3. The van der Waals surface area contributed by atoms with Crippen LogP contribution in [0, 0.1) is 11.8 Å². The highest BCUT2D eigenvalue weighted by Gasteiger charge is 2.52. The second-order valence-electron chi connectivity index (χ2n) is 11.1. The molecule has 0 unspecified atom stereocenters. The topological polar surface area (TPSA) is 148 Å². The minimum absolute atomic E-state index is 0.476. The second kappa shape index (κ2) is 9.50. The van der Waals surface area contributed by atoms with Crippen molar-refractivity contribution in [2.75, 3.05) is 13.1 Å². The molecule has 33 heavy (non-hydrogen) atoms. The highest BCUT2D eigenvalue weighted by Crippen LogP contribution is 2.43. The average Bonchev–Trinajstić information content (AvgIpc) is 2.81. The van der Waals surface area contributed by atoms with Gasteiger partial charge in [-0.1, -0.05) is 0 Å². The number of carboxylic acids is 3.